The molecule has 1 N–H and O–H groups in total. The summed E-state index contributed by atoms with van der Waals surface area (Å²) in [7, 11) is 0. The molecular weight excluding hydrogens is 314 g/mol. The van der Waals surface area contributed by atoms with Crippen LogP contribution in [0.3, 0.4) is 0 Å². The Morgan fingerprint density at radius 2 is 1.88 bits per heavy atom. The Balaban J connectivity index is 1.53. The molecule has 6 heteroatoms. The molecule has 0 spiro atoms. The Kier molecular flexibility index (Phi) is 5.25. The highest BCUT2D eigenvalue weighted by molar-refractivity contribution is 5.27. The SMILES string of the molecule is O=c1cc(C2CCN(Cc3ccc(OC(F)F)cc3)CC2)cc[nH]1. The average Bonchev–Trinajstić information content (AvgIpc) is 2.57. The minimum atomic E-state index is -2.79. The topological polar surface area (TPSA) is 45.3 Å². The van der Waals surface area contributed by atoms with E-state index in [1.165, 1.54) is 0 Å². The molecule has 1 aromatic heterocycles. The molecule has 1 saturated heterocycles. The highest BCUT2D eigenvalue weighted by Crippen LogP contribution is 2.28. The molecule has 2 heterocycles. The number of benzene rings is 1. The van der Waals surface area contributed by atoms with Crippen LogP contribution in [0, 0.1) is 0 Å². The maximum absolute atomic E-state index is 12.1. The number of aromatic amines is 1. The summed E-state index contributed by atoms with van der Waals surface area (Å²) in [5.41, 5.74) is 2.12. The molecule has 3 rings (SSSR count). The summed E-state index contributed by atoms with van der Waals surface area (Å²) in [4.78, 5) is 16.4. The van der Waals surface area contributed by atoms with Gasteiger partial charge in [-0.25, -0.2) is 0 Å². The zero-order valence-electron chi connectivity index (χ0n) is 13.3. The fourth-order valence-corrected chi connectivity index (χ4v) is 3.17. The molecule has 1 fully saturated rings. The van der Waals surface area contributed by atoms with Gasteiger partial charge < -0.3 is 9.72 Å². The van der Waals surface area contributed by atoms with Crippen molar-refractivity contribution in [2.75, 3.05) is 13.1 Å². The van der Waals surface area contributed by atoms with Crippen molar-refractivity contribution in [2.45, 2.75) is 31.9 Å². The number of ether oxygens (including phenoxy) is 1. The van der Waals surface area contributed by atoms with E-state index in [0.717, 1.165) is 43.6 Å². The lowest BCUT2D eigenvalue weighted by atomic mass is 9.90. The second-order valence-corrected chi connectivity index (χ2v) is 6.06. The van der Waals surface area contributed by atoms with E-state index in [9.17, 15) is 13.6 Å². The van der Waals surface area contributed by atoms with E-state index in [1.807, 2.05) is 18.2 Å². The Hall–Kier alpha value is -2.21. The molecule has 1 aliphatic rings. The fraction of sp³-hybridized carbons (Fsp3) is 0.389. The highest BCUT2D eigenvalue weighted by atomic mass is 19.3. The number of halogens is 2. The molecule has 1 aromatic carbocycles. The van der Waals surface area contributed by atoms with Crippen LogP contribution in [-0.2, 0) is 6.54 Å². The number of nitrogens with one attached hydrogen (secondary N) is 1. The number of likely N-dealkylation sites (tertiary alicyclic amines) is 1. The predicted molar refractivity (Wildman–Crippen MR) is 87.4 cm³/mol. The van der Waals surface area contributed by atoms with Gasteiger partial charge in [0.1, 0.15) is 5.75 Å². The van der Waals surface area contributed by atoms with E-state index in [-0.39, 0.29) is 11.3 Å². The number of aromatic nitrogens is 1. The lowest BCUT2D eigenvalue weighted by Gasteiger charge is -2.32. The number of piperidine rings is 1. The van der Waals surface area contributed by atoms with Gasteiger partial charge in [0.25, 0.3) is 0 Å². The second kappa shape index (κ2) is 7.57. The van der Waals surface area contributed by atoms with Gasteiger partial charge in [0.2, 0.25) is 5.56 Å². The molecule has 0 radical (unpaired) electrons. The number of hydrogen-bond donors (Lipinski definition) is 1. The maximum Gasteiger partial charge on any atom is 0.387 e. The summed E-state index contributed by atoms with van der Waals surface area (Å²) in [6.07, 6.45) is 3.72. The monoisotopic (exact) mass is 334 g/mol. The lowest BCUT2D eigenvalue weighted by Crippen LogP contribution is -2.32. The van der Waals surface area contributed by atoms with E-state index in [4.69, 9.17) is 0 Å². The van der Waals surface area contributed by atoms with Crippen molar-refractivity contribution in [1.29, 1.82) is 0 Å². The van der Waals surface area contributed by atoms with Crippen LogP contribution in [0.25, 0.3) is 0 Å². The molecule has 0 amide bonds. The minimum absolute atomic E-state index is 0.0546. The van der Waals surface area contributed by atoms with Gasteiger partial charge in [-0.2, -0.15) is 8.78 Å². The first-order valence-corrected chi connectivity index (χ1v) is 8.05. The number of H-pyrrole nitrogens is 1. The van der Waals surface area contributed by atoms with Gasteiger partial charge in [0, 0.05) is 18.8 Å². The van der Waals surface area contributed by atoms with Crippen LogP contribution in [-0.4, -0.2) is 29.6 Å². The van der Waals surface area contributed by atoms with E-state index in [1.54, 1.807) is 24.4 Å². The van der Waals surface area contributed by atoms with Crippen molar-refractivity contribution >= 4 is 0 Å². The molecule has 24 heavy (non-hydrogen) atoms. The molecule has 4 nitrogen and oxygen atoms in total. The van der Waals surface area contributed by atoms with Gasteiger partial charge in [-0.1, -0.05) is 12.1 Å². The van der Waals surface area contributed by atoms with Gasteiger partial charge in [-0.15, -0.1) is 0 Å². The summed E-state index contributed by atoms with van der Waals surface area (Å²) < 4.78 is 28.6. The summed E-state index contributed by atoms with van der Waals surface area (Å²) in [6, 6.07) is 10.4. The molecule has 0 unspecified atom stereocenters. The Bertz CT molecular complexity index is 707. The summed E-state index contributed by atoms with van der Waals surface area (Å²) in [6.45, 7) is -0.101. The first kappa shape index (κ1) is 16.6. The summed E-state index contributed by atoms with van der Waals surface area (Å²) in [5.74, 6) is 0.604. The largest absolute Gasteiger partial charge is 0.435 e. The second-order valence-electron chi connectivity index (χ2n) is 6.06. The van der Waals surface area contributed by atoms with Crippen molar-refractivity contribution in [3.05, 3.63) is 64.1 Å². The van der Waals surface area contributed by atoms with Crippen LogP contribution >= 0.6 is 0 Å². The number of pyridine rings is 1. The smallest absolute Gasteiger partial charge is 0.387 e. The molecule has 1 aliphatic heterocycles. The van der Waals surface area contributed by atoms with Crippen LogP contribution in [0.5, 0.6) is 5.75 Å². The van der Waals surface area contributed by atoms with Gasteiger partial charge in [-0.05, 0) is 61.2 Å². The Morgan fingerprint density at radius 1 is 1.17 bits per heavy atom. The Morgan fingerprint density at radius 3 is 2.50 bits per heavy atom. The maximum atomic E-state index is 12.1. The van der Waals surface area contributed by atoms with Gasteiger partial charge in [-0.3, -0.25) is 9.69 Å². The summed E-state index contributed by atoms with van der Waals surface area (Å²) >= 11 is 0. The van der Waals surface area contributed by atoms with Crippen LogP contribution in [0.1, 0.15) is 29.9 Å². The van der Waals surface area contributed by atoms with Crippen molar-refractivity contribution < 1.29 is 13.5 Å². The van der Waals surface area contributed by atoms with Crippen LogP contribution in [0.4, 0.5) is 8.78 Å². The number of hydrogen-bond acceptors (Lipinski definition) is 3. The normalized spacial score (nSPS) is 16.5. The minimum Gasteiger partial charge on any atom is -0.435 e. The van der Waals surface area contributed by atoms with Gasteiger partial charge in [0.15, 0.2) is 0 Å². The first-order chi connectivity index (χ1) is 11.6. The molecular formula is C18H20F2N2O2. The number of rotatable bonds is 5. The third-order valence-corrected chi connectivity index (χ3v) is 4.41. The standard InChI is InChI=1S/C18H20F2N2O2/c19-18(20)24-16-3-1-13(2-4-16)12-22-9-6-14(7-10-22)15-5-8-21-17(23)11-15/h1-5,8,11,14,18H,6-7,9-10,12H2,(H,21,23). The molecule has 0 bridgehead atoms. The third-order valence-electron chi connectivity index (χ3n) is 4.41. The van der Waals surface area contributed by atoms with Crippen molar-refractivity contribution in [2.24, 2.45) is 0 Å². The van der Waals surface area contributed by atoms with Gasteiger partial charge in [0.05, 0.1) is 0 Å². The first-order valence-electron chi connectivity index (χ1n) is 8.05. The number of alkyl halides is 2. The zero-order valence-corrected chi connectivity index (χ0v) is 13.3. The van der Waals surface area contributed by atoms with Gasteiger partial charge >= 0.3 is 6.61 Å². The van der Waals surface area contributed by atoms with Crippen LogP contribution in [0.15, 0.2) is 47.4 Å². The van der Waals surface area contributed by atoms with Crippen molar-refractivity contribution in [1.82, 2.24) is 9.88 Å². The highest BCUT2D eigenvalue weighted by Gasteiger charge is 2.20. The van der Waals surface area contributed by atoms with Crippen LogP contribution < -0.4 is 10.3 Å². The fourth-order valence-electron chi connectivity index (χ4n) is 3.17. The lowest BCUT2D eigenvalue weighted by molar-refractivity contribution is -0.0498. The predicted octanol–water partition coefficient (Wildman–Crippen LogP) is 3.36. The van der Waals surface area contributed by atoms with Crippen molar-refractivity contribution in [3.8, 4) is 5.75 Å². The molecule has 0 atom stereocenters. The van der Waals surface area contributed by atoms with E-state index in [2.05, 4.69) is 14.6 Å². The molecule has 2 aromatic rings. The summed E-state index contributed by atoms with van der Waals surface area (Å²) in [5, 5.41) is 0. The van der Waals surface area contributed by atoms with Crippen LogP contribution in [0.2, 0.25) is 0 Å². The zero-order chi connectivity index (χ0) is 16.9. The van der Waals surface area contributed by atoms with Crippen molar-refractivity contribution in [3.63, 3.8) is 0 Å². The van der Waals surface area contributed by atoms with E-state index >= 15 is 0 Å². The third kappa shape index (κ3) is 4.41. The number of nitrogens with zero attached hydrogens (tertiary/aromatic N) is 1. The average molecular weight is 334 g/mol. The molecule has 0 saturated carbocycles. The quantitative estimate of drug-likeness (QED) is 0.912. The molecule has 0 aliphatic carbocycles. The molecule has 128 valence electrons. The Labute approximate surface area is 139 Å². The van der Waals surface area contributed by atoms with E-state index < -0.39 is 6.61 Å². The van der Waals surface area contributed by atoms with E-state index in [0.29, 0.717) is 5.92 Å².